The van der Waals surface area contributed by atoms with E-state index < -0.39 is 0 Å². The Morgan fingerprint density at radius 1 is 1.00 bits per heavy atom. The second-order valence-electron chi connectivity index (χ2n) is 5.14. The maximum absolute atomic E-state index is 12.2. The number of rotatable bonds is 4. The lowest BCUT2D eigenvalue weighted by atomic mass is 10.2. The van der Waals surface area contributed by atoms with E-state index in [1.54, 1.807) is 48.5 Å². The third-order valence-electron chi connectivity index (χ3n) is 3.28. The predicted molar refractivity (Wildman–Crippen MR) is 107 cm³/mol. The summed E-state index contributed by atoms with van der Waals surface area (Å²) in [6, 6.07) is 15.0. The molecule has 0 atom stereocenters. The molecule has 26 heavy (non-hydrogen) atoms. The molecule has 134 valence electrons. The number of nitrogens with one attached hydrogen (secondary N) is 1. The van der Waals surface area contributed by atoms with Gasteiger partial charge in [-0.15, -0.1) is 12.4 Å². The number of amides is 1. The van der Waals surface area contributed by atoms with Crippen LogP contribution >= 0.6 is 35.6 Å². The van der Waals surface area contributed by atoms with Crippen molar-refractivity contribution in [3.63, 3.8) is 0 Å². The fourth-order valence-corrected chi connectivity index (χ4v) is 2.31. The van der Waals surface area contributed by atoms with Crippen molar-refractivity contribution in [1.82, 2.24) is 4.98 Å². The Labute approximate surface area is 166 Å². The van der Waals surface area contributed by atoms with Gasteiger partial charge < -0.3 is 15.8 Å². The second kappa shape index (κ2) is 8.76. The van der Waals surface area contributed by atoms with Crippen LogP contribution in [0.1, 0.15) is 10.4 Å². The van der Waals surface area contributed by atoms with Gasteiger partial charge in [-0.25, -0.2) is 4.98 Å². The first-order chi connectivity index (χ1) is 12.0. The van der Waals surface area contributed by atoms with Crippen LogP contribution in [0.4, 0.5) is 11.4 Å². The Kier molecular flexibility index (Phi) is 6.69. The van der Waals surface area contributed by atoms with Gasteiger partial charge in [-0.2, -0.15) is 0 Å². The van der Waals surface area contributed by atoms with E-state index in [0.717, 1.165) is 0 Å². The molecular formula is C18H14Cl3N3O2. The average Bonchev–Trinajstić information content (AvgIpc) is 2.61. The Bertz CT molecular complexity index is 901. The summed E-state index contributed by atoms with van der Waals surface area (Å²) in [7, 11) is 0. The molecule has 0 aliphatic carbocycles. The highest BCUT2D eigenvalue weighted by Crippen LogP contribution is 2.24. The molecule has 1 heterocycles. The zero-order chi connectivity index (χ0) is 17.8. The topological polar surface area (TPSA) is 77.2 Å². The zero-order valence-corrected chi connectivity index (χ0v) is 15.6. The third-order valence-corrected chi connectivity index (χ3v) is 4.02. The fraction of sp³-hybridized carbons (Fsp3) is 0. The highest BCUT2D eigenvalue weighted by molar-refractivity contribution is 6.42. The van der Waals surface area contributed by atoms with E-state index in [-0.39, 0.29) is 18.3 Å². The highest BCUT2D eigenvalue weighted by Gasteiger charge is 2.09. The highest BCUT2D eigenvalue weighted by atomic mass is 35.5. The lowest BCUT2D eigenvalue weighted by molar-refractivity contribution is 0.102. The number of aromatic nitrogens is 1. The molecule has 0 aliphatic rings. The molecule has 0 unspecified atom stereocenters. The van der Waals surface area contributed by atoms with Gasteiger partial charge in [0.15, 0.2) is 0 Å². The van der Waals surface area contributed by atoms with Crippen molar-refractivity contribution >= 4 is 52.9 Å². The standard InChI is InChI=1S/C18H13Cl2N3O2.ClH/c19-15-7-1-11(9-16(15)20)18(24)23-13-4-8-17(22-10-13)25-14-5-2-12(21)3-6-14;/h1-10H,21H2,(H,23,24);1H. The van der Waals surface area contributed by atoms with Crippen molar-refractivity contribution in [2.75, 3.05) is 11.1 Å². The van der Waals surface area contributed by atoms with Crippen LogP contribution in [-0.4, -0.2) is 10.9 Å². The summed E-state index contributed by atoms with van der Waals surface area (Å²) in [5, 5.41) is 3.44. The van der Waals surface area contributed by atoms with Gasteiger partial charge in [0, 0.05) is 17.3 Å². The van der Waals surface area contributed by atoms with Crippen LogP contribution in [0.5, 0.6) is 11.6 Å². The Morgan fingerprint density at radius 3 is 2.35 bits per heavy atom. The molecule has 0 aliphatic heterocycles. The maximum atomic E-state index is 12.2. The van der Waals surface area contributed by atoms with Gasteiger partial charge in [0.25, 0.3) is 5.91 Å². The summed E-state index contributed by atoms with van der Waals surface area (Å²) in [6.45, 7) is 0. The molecule has 1 aromatic heterocycles. The predicted octanol–water partition coefficient (Wildman–Crippen LogP) is 5.44. The van der Waals surface area contributed by atoms with E-state index in [2.05, 4.69) is 10.3 Å². The number of ether oxygens (including phenoxy) is 1. The summed E-state index contributed by atoms with van der Waals surface area (Å²) in [6.07, 6.45) is 1.50. The summed E-state index contributed by atoms with van der Waals surface area (Å²) < 4.78 is 5.60. The number of hydrogen-bond acceptors (Lipinski definition) is 4. The van der Waals surface area contributed by atoms with Crippen LogP contribution in [0.3, 0.4) is 0 Å². The summed E-state index contributed by atoms with van der Waals surface area (Å²) in [5.41, 5.74) is 7.21. The summed E-state index contributed by atoms with van der Waals surface area (Å²) in [4.78, 5) is 16.4. The first kappa shape index (κ1) is 19.8. The number of anilines is 2. The SMILES string of the molecule is Cl.Nc1ccc(Oc2ccc(NC(=O)c3ccc(Cl)c(Cl)c3)cn2)cc1. The lowest BCUT2D eigenvalue weighted by Crippen LogP contribution is -2.12. The molecule has 0 bridgehead atoms. The number of nitrogens with zero attached hydrogens (tertiary/aromatic N) is 1. The van der Waals surface area contributed by atoms with Crippen molar-refractivity contribution in [1.29, 1.82) is 0 Å². The van der Waals surface area contributed by atoms with Gasteiger partial charge in [0.1, 0.15) is 5.75 Å². The monoisotopic (exact) mass is 409 g/mol. The quantitative estimate of drug-likeness (QED) is 0.562. The van der Waals surface area contributed by atoms with Gasteiger partial charge in [-0.05, 0) is 48.5 Å². The Hall–Kier alpha value is -2.47. The Morgan fingerprint density at radius 2 is 1.73 bits per heavy atom. The third kappa shape index (κ3) is 5.02. The molecule has 3 N–H and O–H groups in total. The number of nitrogen functional groups attached to an aromatic ring is 1. The molecule has 0 fully saturated rings. The number of halogens is 3. The van der Waals surface area contributed by atoms with E-state index in [1.165, 1.54) is 12.3 Å². The van der Waals surface area contributed by atoms with E-state index >= 15 is 0 Å². The lowest BCUT2D eigenvalue weighted by Gasteiger charge is -2.08. The van der Waals surface area contributed by atoms with Gasteiger partial charge in [-0.1, -0.05) is 23.2 Å². The first-order valence-corrected chi connectivity index (χ1v) is 8.03. The Balaban J connectivity index is 0.00000243. The van der Waals surface area contributed by atoms with Crippen molar-refractivity contribution in [3.05, 3.63) is 76.4 Å². The van der Waals surface area contributed by atoms with Crippen molar-refractivity contribution in [3.8, 4) is 11.6 Å². The number of pyridine rings is 1. The van der Waals surface area contributed by atoms with Crippen LogP contribution in [0, 0.1) is 0 Å². The number of benzene rings is 2. The van der Waals surface area contributed by atoms with Gasteiger partial charge in [0.05, 0.1) is 21.9 Å². The minimum absolute atomic E-state index is 0. The number of carbonyl (C=O) groups is 1. The molecule has 1 amide bonds. The van der Waals surface area contributed by atoms with E-state index in [0.29, 0.717) is 38.6 Å². The minimum Gasteiger partial charge on any atom is -0.439 e. The normalized spacial score (nSPS) is 9.92. The van der Waals surface area contributed by atoms with E-state index in [9.17, 15) is 4.79 Å². The molecule has 3 aromatic rings. The zero-order valence-electron chi connectivity index (χ0n) is 13.3. The molecule has 0 saturated heterocycles. The van der Waals surface area contributed by atoms with Crippen LogP contribution in [0.15, 0.2) is 60.8 Å². The summed E-state index contributed by atoms with van der Waals surface area (Å²) >= 11 is 11.8. The number of nitrogens with two attached hydrogens (primary N) is 1. The molecule has 0 saturated carbocycles. The smallest absolute Gasteiger partial charge is 0.255 e. The molecule has 8 heteroatoms. The molecule has 5 nitrogen and oxygen atoms in total. The van der Waals surface area contributed by atoms with Crippen molar-refractivity contribution in [2.45, 2.75) is 0 Å². The molecule has 2 aromatic carbocycles. The van der Waals surface area contributed by atoms with Crippen LogP contribution in [-0.2, 0) is 0 Å². The van der Waals surface area contributed by atoms with Crippen molar-refractivity contribution in [2.24, 2.45) is 0 Å². The van der Waals surface area contributed by atoms with E-state index in [1.807, 2.05) is 0 Å². The van der Waals surface area contributed by atoms with Gasteiger partial charge >= 0.3 is 0 Å². The second-order valence-corrected chi connectivity index (χ2v) is 5.95. The molecule has 0 radical (unpaired) electrons. The van der Waals surface area contributed by atoms with E-state index in [4.69, 9.17) is 33.7 Å². The average molecular weight is 411 g/mol. The summed E-state index contributed by atoms with van der Waals surface area (Å²) in [5.74, 6) is 0.708. The molecule has 0 spiro atoms. The van der Waals surface area contributed by atoms with Gasteiger partial charge in [0.2, 0.25) is 5.88 Å². The minimum atomic E-state index is -0.312. The van der Waals surface area contributed by atoms with Crippen molar-refractivity contribution < 1.29 is 9.53 Å². The van der Waals surface area contributed by atoms with Crippen LogP contribution in [0.2, 0.25) is 10.0 Å². The number of carbonyl (C=O) groups excluding carboxylic acids is 1. The number of hydrogen-bond donors (Lipinski definition) is 2. The maximum Gasteiger partial charge on any atom is 0.255 e. The van der Waals surface area contributed by atoms with Gasteiger partial charge in [-0.3, -0.25) is 4.79 Å². The molecule has 3 rings (SSSR count). The molecular weight excluding hydrogens is 397 g/mol. The van der Waals surface area contributed by atoms with Crippen LogP contribution in [0.25, 0.3) is 0 Å². The first-order valence-electron chi connectivity index (χ1n) is 7.27. The fourth-order valence-electron chi connectivity index (χ4n) is 2.01. The largest absolute Gasteiger partial charge is 0.439 e. The van der Waals surface area contributed by atoms with Crippen LogP contribution < -0.4 is 15.8 Å².